The molecule has 2 rings (SSSR count). The lowest BCUT2D eigenvalue weighted by atomic mass is 9.95. The maximum Gasteiger partial charge on any atom is 0.149 e. The van der Waals surface area contributed by atoms with Gasteiger partial charge in [0.1, 0.15) is 5.82 Å². The van der Waals surface area contributed by atoms with Gasteiger partial charge >= 0.3 is 0 Å². The number of aryl methyl sites for hydroxylation is 2. The summed E-state index contributed by atoms with van der Waals surface area (Å²) in [4.78, 5) is 0. The molecule has 0 aliphatic rings. The average molecular weight is 314 g/mol. The lowest BCUT2D eigenvalue weighted by Crippen LogP contribution is -2.08. The van der Waals surface area contributed by atoms with Crippen LogP contribution in [-0.2, 0) is 6.54 Å². The Morgan fingerprint density at radius 3 is 2.30 bits per heavy atom. The first kappa shape index (κ1) is 17.0. The van der Waals surface area contributed by atoms with Crippen LogP contribution in [0.2, 0.25) is 5.02 Å². The molecule has 0 bridgehead atoms. The zero-order valence-corrected chi connectivity index (χ0v) is 13.3. The van der Waals surface area contributed by atoms with Crippen molar-refractivity contribution in [3.8, 4) is 11.1 Å². The predicted octanol–water partition coefficient (Wildman–Crippen LogP) is 4.90. The third-order valence-electron chi connectivity index (χ3n) is 3.31. The van der Waals surface area contributed by atoms with E-state index < -0.39 is 0 Å². The van der Waals surface area contributed by atoms with Gasteiger partial charge in [-0.15, -0.1) is 12.4 Å². The zero-order chi connectivity index (χ0) is 14.0. The molecule has 108 valence electrons. The maximum atomic E-state index is 14.1. The van der Waals surface area contributed by atoms with Gasteiger partial charge in [0, 0.05) is 12.1 Å². The Morgan fingerprint density at radius 1 is 1.15 bits per heavy atom. The first-order valence-corrected chi connectivity index (χ1v) is 6.61. The second-order valence-electron chi connectivity index (χ2n) is 4.72. The fourth-order valence-electron chi connectivity index (χ4n) is 2.33. The highest BCUT2D eigenvalue weighted by Crippen LogP contribution is 2.30. The Labute approximate surface area is 130 Å². The Hall–Kier alpha value is -1.09. The lowest BCUT2D eigenvalue weighted by Gasteiger charge is -2.13. The molecule has 0 heterocycles. The first-order valence-electron chi connectivity index (χ1n) is 6.23. The van der Waals surface area contributed by atoms with Crippen molar-refractivity contribution in [3.63, 3.8) is 0 Å². The zero-order valence-electron chi connectivity index (χ0n) is 11.8. The summed E-state index contributed by atoms with van der Waals surface area (Å²) in [6, 6.07) is 9.11. The van der Waals surface area contributed by atoms with E-state index in [9.17, 15) is 4.39 Å². The van der Waals surface area contributed by atoms with Crippen molar-refractivity contribution in [2.45, 2.75) is 20.4 Å². The summed E-state index contributed by atoms with van der Waals surface area (Å²) in [5.74, 6) is -0.357. The van der Waals surface area contributed by atoms with Crippen LogP contribution in [0.25, 0.3) is 11.1 Å². The molecule has 20 heavy (non-hydrogen) atoms. The average Bonchev–Trinajstić information content (AvgIpc) is 2.37. The van der Waals surface area contributed by atoms with E-state index in [2.05, 4.69) is 5.32 Å². The second kappa shape index (κ2) is 7.07. The lowest BCUT2D eigenvalue weighted by molar-refractivity contribution is 0.631. The molecule has 0 saturated heterocycles. The number of rotatable bonds is 3. The topological polar surface area (TPSA) is 12.0 Å². The van der Waals surface area contributed by atoms with E-state index in [1.165, 1.54) is 5.56 Å². The van der Waals surface area contributed by atoms with Gasteiger partial charge in [0.15, 0.2) is 0 Å². The van der Waals surface area contributed by atoms with E-state index in [1.54, 1.807) is 18.2 Å². The van der Waals surface area contributed by atoms with Crippen LogP contribution >= 0.6 is 24.0 Å². The smallest absolute Gasteiger partial charge is 0.149 e. The normalized spacial score (nSPS) is 10.2. The molecular formula is C16H18Cl2FN. The van der Waals surface area contributed by atoms with Gasteiger partial charge in [-0.2, -0.15) is 0 Å². The quantitative estimate of drug-likeness (QED) is 0.849. The van der Waals surface area contributed by atoms with Crippen LogP contribution in [0.3, 0.4) is 0 Å². The summed E-state index contributed by atoms with van der Waals surface area (Å²) in [5.41, 5.74) is 4.99. The molecule has 0 radical (unpaired) electrons. The summed E-state index contributed by atoms with van der Waals surface area (Å²) >= 11 is 5.84. The van der Waals surface area contributed by atoms with Gasteiger partial charge in [-0.1, -0.05) is 35.9 Å². The number of hydrogen-bond donors (Lipinski definition) is 1. The molecule has 2 aromatic rings. The molecule has 2 aromatic carbocycles. The number of hydrogen-bond acceptors (Lipinski definition) is 1. The van der Waals surface area contributed by atoms with Crippen molar-refractivity contribution in [2.75, 3.05) is 7.05 Å². The first-order chi connectivity index (χ1) is 9.04. The summed E-state index contributed by atoms with van der Waals surface area (Å²) in [6.07, 6.45) is 0. The van der Waals surface area contributed by atoms with Gasteiger partial charge in [0.05, 0.1) is 5.02 Å². The van der Waals surface area contributed by atoms with Crippen molar-refractivity contribution in [1.29, 1.82) is 0 Å². The van der Waals surface area contributed by atoms with E-state index in [0.29, 0.717) is 5.56 Å². The molecule has 0 fully saturated rings. The van der Waals surface area contributed by atoms with Crippen LogP contribution in [0.5, 0.6) is 0 Å². The predicted molar refractivity (Wildman–Crippen MR) is 86.3 cm³/mol. The molecule has 0 aliphatic heterocycles. The van der Waals surface area contributed by atoms with E-state index in [1.807, 2.05) is 33.0 Å². The molecule has 0 aromatic heterocycles. The molecule has 0 amide bonds. The summed E-state index contributed by atoms with van der Waals surface area (Å²) in [7, 11) is 1.92. The summed E-state index contributed by atoms with van der Waals surface area (Å²) in [5, 5.41) is 3.31. The van der Waals surface area contributed by atoms with Gasteiger partial charge in [0.25, 0.3) is 0 Å². The molecule has 1 N–H and O–H groups in total. The fraction of sp³-hybridized carbons (Fsp3) is 0.250. The molecule has 0 aliphatic carbocycles. The number of halogens is 3. The Kier molecular flexibility index (Phi) is 6.00. The molecule has 4 heteroatoms. The molecule has 0 spiro atoms. The van der Waals surface area contributed by atoms with E-state index in [4.69, 9.17) is 11.6 Å². The van der Waals surface area contributed by atoms with Crippen molar-refractivity contribution >= 4 is 24.0 Å². The van der Waals surface area contributed by atoms with Crippen molar-refractivity contribution in [3.05, 3.63) is 57.9 Å². The molecular weight excluding hydrogens is 296 g/mol. The minimum absolute atomic E-state index is 0. The third-order valence-corrected chi connectivity index (χ3v) is 3.60. The molecule has 1 nitrogen and oxygen atoms in total. The number of nitrogens with one attached hydrogen (secondary N) is 1. The second-order valence-corrected chi connectivity index (χ2v) is 5.13. The van der Waals surface area contributed by atoms with Gasteiger partial charge < -0.3 is 5.32 Å². The molecule has 0 unspecified atom stereocenters. The standard InChI is InChI=1S/C16H17ClFN.ClH/c1-10-7-12(8-11(2)14(10)9-19-3)13-5-4-6-15(17)16(13)18;/h4-8,19H,9H2,1-3H3;1H. The monoisotopic (exact) mass is 313 g/mol. The van der Waals surface area contributed by atoms with Crippen molar-refractivity contribution in [2.24, 2.45) is 0 Å². The van der Waals surface area contributed by atoms with Gasteiger partial charge in [-0.25, -0.2) is 4.39 Å². The van der Waals surface area contributed by atoms with E-state index >= 15 is 0 Å². The van der Waals surface area contributed by atoms with Crippen LogP contribution in [0.1, 0.15) is 16.7 Å². The fourth-order valence-corrected chi connectivity index (χ4v) is 2.51. The largest absolute Gasteiger partial charge is 0.316 e. The third kappa shape index (κ3) is 3.32. The van der Waals surface area contributed by atoms with Crippen LogP contribution < -0.4 is 5.32 Å². The van der Waals surface area contributed by atoms with Crippen molar-refractivity contribution < 1.29 is 4.39 Å². The Bertz CT molecular complexity index is 588. The highest BCUT2D eigenvalue weighted by Gasteiger charge is 2.11. The van der Waals surface area contributed by atoms with Gasteiger partial charge in [-0.3, -0.25) is 0 Å². The van der Waals surface area contributed by atoms with Crippen LogP contribution in [0.4, 0.5) is 4.39 Å². The van der Waals surface area contributed by atoms with E-state index in [-0.39, 0.29) is 23.2 Å². The number of benzene rings is 2. The van der Waals surface area contributed by atoms with Crippen LogP contribution in [0.15, 0.2) is 30.3 Å². The highest BCUT2D eigenvalue weighted by molar-refractivity contribution is 6.31. The van der Waals surface area contributed by atoms with Gasteiger partial charge in [0.2, 0.25) is 0 Å². The minimum atomic E-state index is -0.357. The Balaban J connectivity index is 0.00000200. The molecule has 0 saturated carbocycles. The maximum absolute atomic E-state index is 14.1. The summed E-state index contributed by atoms with van der Waals surface area (Å²) < 4.78 is 14.1. The highest BCUT2D eigenvalue weighted by atomic mass is 35.5. The molecule has 0 atom stereocenters. The van der Waals surface area contributed by atoms with E-state index in [0.717, 1.165) is 23.2 Å². The van der Waals surface area contributed by atoms with Crippen LogP contribution in [-0.4, -0.2) is 7.05 Å². The minimum Gasteiger partial charge on any atom is -0.316 e. The van der Waals surface area contributed by atoms with Crippen molar-refractivity contribution in [1.82, 2.24) is 5.32 Å². The van der Waals surface area contributed by atoms with Crippen LogP contribution in [0, 0.1) is 19.7 Å². The Morgan fingerprint density at radius 2 is 1.75 bits per heavy atom. The SMILES string of the molecule is CNCc1c(C)cc(-c2cccc(Cl)c2F)cc1C.Cl. The van der Waals surface area contributed by atoms with Gasteiger partial charge in [-0.05, 0) is 49.2 Å². The summed E-state index contributed by atoms with van der Waals surface area (Å²) in [6.45, 7) is 4.91.